The molecule has 0 radical (unpaired) electrons. The smallest absolute Gasteiger partial charge is 0.330 e. The zero-order valence-electron chi connectivity index (χ0n) is 20.9. The largest absolute Gasteiger partial charge is 0.462 e. The third-order valence-corrected chi connectivity index (χ3v) is 9.71. The molecule has 2 fully saturated rings. The van der Waals surface area contributed by atoms with Crippen molar-refractivity contribution >= 4 is 36.0 Å². The van der Waals surface area contributed by atoms with Crippen LogP contribution in [0.1, 0.15) is 33.9 Å². The van der Waals surface area contributed by atoms with Gasteiger partial charge in [0.2, 0.25) is 0 Å². The molecular formula is C20H30N5O11PS. The fraction of sp³-hybridized carbons (Fsp3) is 0.650. The van der Waals surface area contributed by atoms with E-state index in [1.807, 2.05) is 10.3 Å². The van der Waals surface area contributed by atoms with E-state index >= 15 is 0 Å². The number of nitrogens with one attached hydrogen (secondary N) is 4. The number of aromatic nitrogens is 2. The molecule has 1 aromatic heterocycles. The fourth-order valence-corrected chi connectivity index (χ4v) is 7.51. The van der Waals surface area contributed by atoms with Gasteiger partial charge in [0.25, 0.3) is 11.5 Å². The van der Waals surface area contributed by atoms with Crippen molar-refractivity contribution < 1.29 is 43.2 Å². The van der Waals surface area contributed by atoms with Crippen LogP contribution >= 0.6 is 18.1 Å². The van der Waals surface area contributed by atoms with E-state index in [1.54, 1.807) is 13.8 Å². The molecular weight excluding hydrogens is 549 g/mol. The van der Waals surface area contributed by atoms with E-state index in [1.165, 1.54) is 13.8 Å². The number of carbonyl (C=O) groups excluding carboxylic acids is 3. The number of aromatic amines is 1. The Balaban J connectivity index is 1.76. The standard InChI is InChI=1S/C20H30N5O11PS/c1-9(2)35-16(29)10(3)24-37(33,38-8-11-15(28)23-18(30)21-11)34-7-12-14(27)20(4,32)17(36-12)25-6-5-13(26)22-19(25)31/h5-6,9-12,14,17,27,32H,7-8H2,1-4H3,(H,24,33)(H,22,26,31)(H2,21,23,28,30)/t10-,11-,12?,14-,17?,20-,37?/m1/s1. The molecule has 38 heavy (non-hydrogen) atoms. The van der Waals surface area contributed by atoms with E-state index < -0.39 is 84.7 Å². The van der Waals surface area contributed by atoms with Crippen LogP contribution in [0.25, 0.3) is 0 Å². The average Bonchev–Trinajstić information content (AvgIpc) is 3.25. The van der Waals surface area contributed by atoms with Crippen molar-refractivity contribution in [2.75, 3.05) is 12.4 Å². The maximum absolute atomic E-state index is 13.7. The van der Waals surface area contributed by atoms with Crippen molar-refractivity contribution in [3.05, 3.63) is 33.1 Å². The maximum atomic E-state index is 13.7. The van der Waals surface area contributed by atoms with Crippen molar-refractivity contribution in [3.8, 4) is 0 Å². The summed E-state index contributed by atoms with van der Waals surface area (Å²) in [5, 5.41) is 28.5. The van der Waals surface area contributed by atoms with Gasteiger partial charge < -0.3 is 29.5 Å². The number of esters is 1. The highest BCUT2D eigenvalue weighted by atomic mass is 32.7. The van der Waals surface area contributed by atoms with E-state index in [9.17, 15) is 38.8 Å². The van der Waals surface area contributed by atoms with Crippen LogP contribution in [0.5, 0.6) is 0 Å². The van der Waals surface area contributed by atoms with E-state index in [0.29, 0.717) is 11.4 Å². The predicted octanol–water partition coefficient (Wildman–Crippen LogP) is -1.46. The third-order valence-electron chi connectivity index (χ3n) is 5.59. The minimum absolute atomic E-state index is 0.199. The highest BCUT2D eigenvalue weighted by molar-refractivity contribution is 8.56. The molecule has 18 heteroatoms. The second-order valence-electron chi connectivity index (χ2n) is 9.16. The lowest BCUT2D eigenvalue weighted by atomic mass is 9.96. The van der Waals surface area contributed by atoms with Gasteiger partial charge in [0.05, 0.1) is 12.7 Å². The number of aliphatic hydroxyl groups is 2. The molecule has 0 aliphatic carbocycles. The Morgan fingerprint density at radius 1 is 1.32 bits per heavy atom. The number of urea groups is 1. The average molecular weight is 580 g/mol. The SMILES string of the molecule is CC(C)OC(=O)[C@@H](C)NP(=O)(OCC1OC(n2ccc(=O)[nH]c2=O)[C@](C)(O)[C@@H]1O)SC[C@H]1NC(=O)NC1=O. The number of hydrogen-bond acceptors (Lipinski definition) is 12. The van der Waals surface area contributed by atoms with Gasteiger partial charge in [-0.2, -0.15) is 0 Å². The molecule has 2 aliphatic heterocycles. The molecule has 2 saturated heterocycles. The number of nitrogens with zero attached hydrogens (tertiary/aromatic N) is 1. The number of hydrogen-bond donors (Lipinski definition) is 6. The number of carbonyl (C=O) groups is 3. The molecule has 3 unspecified atom stereocenters. The summed E-state index contributed by atoms with van der Waals surface area (Å²) in [4.78, 5) is 61.2. The summed E-state index contributed by atoms with van der Waals surface area (Å²) in [6.07, 6.45) is -3.74. The summed E-state index contributed by atoms with van der Waals surface area (Å²) in [5.41, 5.74) is -3.60. The summed E-state index contributed by atoms with van der Waals surface area (Å²) < 4.78 is 30.9. The number of aliphatic hydroxyl groups excluding tert-OH is 1. The molecule has 7 atom stereocenters. The molecule has 1 aromatic rings. The van der Waals surface area contributed by atoms with Crippen LogP contribution in [0.15, 0.2) is 21.9 Å². The Hall–Kier alpha value is -2.53. The van der Waals surface area contributed by atoms with E-state index in [-0.39, 0.29) is 5.75 Å². The zero-order chi connectivity index (χ0) is 28.4. The fourth-order valence-electron chi connectivity index (χ4n) is 3.65. The first-order chi connectivity index (χ1) is 17.6. The van der Waals surface area contributed by atoms with E-state index in [4.69, 9.17) is 14.0 Å². The molecule has 3 rings (SSSR count). The van der Waals surface area contributed by atoms with E-state index in [2.05, 4.69) is 10.4 Å². The van der Waals surface area contributed by atoms with Crippen LogP contribution in [0.3, 0.4) is 0 Å². The first kappa shape index (κ1) is 30.0. The number of H-pyrrole nitrogens is 1. The molecule has 16 nitrogen and oxygen atoms in total. The molecule has 0 spiro atoms. The van der Waals surface area contributed by atoms with Crippen LogP contribution in [0, 0.1) is 0 Å². The van der Waals surface area contributed by atoms with Crippen LogP contribution < -0.4 is 27.0 Å². The quantitative estimate of drug-likeness (QED) is 0.100. The Morgan fingerprint density at radius 3 is 2.58 bits per heavy atom. The molecule has 3 heterocycles. The number of ether oxygens (including phenoxy) is 2. The highest BCUT2D eigenvalue weighted by Crippen LogP contribution is 2.57. The molecule has 0 bridgehead atoms. The maximum Gasteiger partial charge on any atom is 0.330 e. The minimum Gasteiger partial charge on any atom is -0.462 e. The van der Waals surface area contributed by atoms with Gasteiger partial charge in [-0.25, -0.2) is 14.7 Å². The summed E-state index contributed by atoms with van der Waals surface area (Å²) in [6, 6.07) is -1.82. The highest BCUT2D eigenvalue weighted by Gasteiger charge is 2.54. The number of imide groups is 1. The monoisotopic (exact) mass is 579 g/mol. The normalized spacial score (nSPS) is 29.6. The molecule has 0 saturated carbocycles. The molecule has 212 valence electrons. The molecule has 0 aromatic carbocycles. The van der Waals surface area contributed by atoms with Gasteiger partial charge in [-0.1, -0.05) is 11.4 Å². The van der Waals surface area contributed by atoms with E-state index in [0.717, 1.165) is 16.8 Å². The Labute approximate surface area is 220 Å². The number of amides is 3. The van der Waals surface area contributed by atoms with Gasteiger partial charge in [-0.15, -0.1) is 0 Å². The Bertz CT molecular complexity index is 1230. The summed E-state index contributed by atoms with van der Waals surface area (Å²) in [7, 11) is 0. The lowest BCUT2D eigenvalue weighted by molar-refractivity contribution is -0.149. The topological polar surface area (TPSA) is 227 Å². The van der Waals surface area contributed by atoms with Crippen LogP contribution in [-0.2, 0) is 28.2 Å². The van der Waals surface area contributed by atoms with Gasteiger partial charge in [-0.3, -0.25) is 33.8 Å². The summed E-state index contributed by atoms with van der Waals surface area (Å²) >= 11 is 0.622. The van der Waals surface area contributed by atoms with Gasteiger partial charge >= 0.3 is 24.4 Å². The molecule has 6 N–H and O–H groups in total. The minimum atomic E-state index is -4.05. The first-order valence-electron chi connectivity index (χ1n) is 11.5. The van der Waals surface area contributed by atoms with Crippen molar-refractivity contribution in [3.63, 3.8) is 0 Å². The molecule has 3 amide bonds. The van der Waals surface area contributed by atoms with Crippen molar-refractivity contribution in [1.29, 1.82) is 0 Å². The summed E-state index contributed by atoms with van der Waals surface area (Å²) in [5.74, 6) is -1.57. The van der Waals surface area contributed by atoms with Gasteiger partial charge in [0.15, 0.2) is 6.23 Å². The number of rotatable bonds is 11. The van der Waals surface area contributed by atoms with Gasteiger partial charge in [0, 0.05) is 18.0 Å². The zero-order valence-corrected chi connectivity index (χ0v) is 22.6. The Kier molecular flexibility index (Phi) is 9.24. The lowest BCUT2D eigenvalue weighted by Gasteiger charge is -2.27. The van der Waals surface area contributed by atoms with Gasteiger partial charge in [-0.05, 0) is 27.7 Å². The van der Waals surface area contributed by atoms with Gasteiger partial charge in [0.1, 0.15) is 29.9 Å². The summed E-state index contributed by atoms with van der Waals surface area (Å²) in [6.45, 7) is 1.21. The van der Waals surface area contributed by atoms with Crippen LogP contribution in [-0.4, -0.2) is 86.0 Å². The van der Waals surface area contributed by atoms with Crippen molar-refractivity contribution in [2.24, 2.45) is 0 Å². The second kappa shape index (κ2) is 11.7. The van der Waals surface area contributed by atoms with Crippen molar-refractivity contribution in [1.82, 2.24) is 25.3 Å². The predicted molar refractivity (Wildman–Crippen MR) is 132 cm³/mol. The molecule has 2 aliphatic rings. The Morgan fingerprint density at radius 2 is 2.00 bits per heavy atom. The second-order valence-corrected chi connectivity index (χ2v) is 13.5. The third kappa shape index (κ3) is 6.91. The lowest BCUT2D eigenvalue weighted by Crippen LogP contribution is -2.47. The van der Waals surface area contributed by atoms with Crippen LogP contribution in [0.2, 0.25) is 0 Å². The van der Waals surface area contributed by atoms with Crippen LogP contribution in [0.4, 0.5) is 4.79 Å². The van der Waals surface area contributed by atoms with Crippen molar-refractivity contribution in [2.45, 2.75) is 69.9 Å². The first-order valence-corrected chi connectivity index (χ1v) is 14.7.